The molecule has 0 saturated heterocycles. The highest BCUT2D eigenvalue weighted by molar-refractivity contribution is 5.98. The van der Waals surface area contributed by atoms with Crippen LogP contribution in [0.1, 0.15) is 22.3 Å². The molecule has 1 spiro atoms. The average molecular weight is 728 g/mol. The Labute approximate surface area is 333 Å². The summed E-state index contributed by atoms with van der Waals surface area (Å²) in [6, 6.07) is 81.4. The van der Waals surface area contributed by atoms with Crippen LogP contribution in [-0.4, -0.2) is 0 Å². The molecule has 2 nitrogen and oxygen atoms in total. The molecule has 0 saturated carbocycles. The summed E-state index contributed by atoms with van der Waals surface area (Å²) in [5.74, 6) is 1.74. The normalized spacial score (nSPS) is 13.2. The first-order chi connectivity index (χ1) is 28.3. The van der Waals surface area contributed by atoms with Gasteiger partial charge in [-0.3, -0.25) is 0 Å². The summed E-state index contributed by atoms with van der Waals surface area (Å²) < 4.78 is 6.80. The van der Waals surface area contributed by atoms with Crippen LogP contribution >= 0.6 is 0 Å². The molecule has 0 aromatic heterocycles. The number of para-hydroxylation sites is 3. The van der Waals surface area contributed by atoms with E-state index in [1.807, 2.05) is 0 Å². The molecule has 0 aliphatic carbocycles. The number of anilines is 3. The van der Waals surface area contributed by atoms with E-state index in [0.29, 0.717) is 0 Å². The lowest BCUT2D eigenvalue weighted by Crippen LogP contribution is -2.40. The SMILES string of the molecule is c1ccc(-c2cc(-c3ccccc3)cc(N3c4ccccc4C4(c5ccccc5Oc5ccccc54)c4c(-c5ccccc5)cc(-c5ccccc5)cc43)c2)cc1. The molecule has 11 rings (SSSR count). The Hall–Kier alpha value is -7.42. The minimum atomic E-state index is -0.715. The highest BCUT2D eigenvalue weighted by Crippen LogP contribution is 2.65. The van der Waals surface area contributed by atoms with Crippen molar-refractivity contribution in [2.24, 2.45) is 0 Å². The molecule has 2 aliphatic rings. The molecule has 0 amide bonds. The molecule has 2 heterocycles. The number of ether oxygens (including phenoxy) is 1. The maximum absolute atomic E-state index is 6.80. The van der Waals surface area contributed by atoms with E-state index >= 15 is 0 Å². The van der Waals surface area contributed by atoms with E-state index in [1.54, 1.807) is 0 Å². The third-order valence-corrected chi connectivity index (χ3v) is 11.7. The number of rotatable bonds is 5. The maximum Gasteiger partial charge on any atom is 0.132 e. The van der Waals surface area contributed by atoms with Crippen molar-refractivity contribution in [3.05, 3.63) is 247 Å². The average Bonchev–Trinajstić information content (AvgIpc) is 3.29. The van der Waals surface area contributed by atoms with Gasteiger partial charge in [0, 0.05) is 22.4 Å². The quantitative estimate of drug-likeness (QED) is 0.175. The number of hydrogen-bond donors (Lipinski definition) is 0. The molecule has 2 heteroatoms. The zero-order chi connectivity index (χ0) is 37.8. The molecule has 0 radical (unpaired) electrons. The van der Waals surface area contributed by atoms with Gasteiger partial charge in [0.15, 0.2) is 0 Å². The van der Waals surface area contributed by atoms with Gasteiger partial charge >= 0.3 is 0 Å². The van der Waals surface area contributed by atoms with Gasteiger partial charge in [0.05, 0.1) is 16.8 Å². The molecule has 9 aromatic carbocycles. The van der Waals surface area contributed by atoms with Crippen molar-refractivity contribution in [1.82, 2.24) is 0 Å². The number of fused-ring (bicyclic) bond motifs is 8. The third-order valence-electron chi connectivity index (χ3n) is 11.7. The van der Waals surface area contributed by atoms with Crippen LogP contribution in [0.15, 0.2) is 224 Å². The summed E-state index contributed by atoms with van der Waals surface area (Å²) in [5, 5.41) is 0. The van der Waals surface area contributed by atoms with Crippen molar-refractivity contribution in [3.8, 4) is 56.0 Å². The van der Waals surface area contributed by atoms with Crippen molar-refractivity contribution in [2.75, 3.05) is 4.90 Å². The Kier molecular flexibility index (Phi) is 7.75. The Morgan fingerprint density at radius 2 is 0.737 bits per heavy atom. The summed E-state index contributed by atoms with van der Waals surface area (Å²) in [6.45, 7) is 0. The minimum absolute atomic E-state index is 0.715. The van der Waals surface area contributed by atoms with Crippen LogP contribution < -0.4 is 9.64 Å². The van der Waals surface area contributed by atoms with Crippen LogP contribution in [0.2, 0.25) is 0 Å². The van der Waals surface area contributed by atoms with E-state index in [2.05, 4.69) is 229 Å². The second-order valence-corrected chi connectivity index (χ2v) is 14.8. The van der Waals surface area contributed by atoms with E-state index < -0.39 is 5.41 Å². The largest absolute Gasteiger partial charge is 0.457 e. The Morgan fingerprint density at radius 1 is 0.316 bits per heavy atom. The Bertz CT molecular complexity index is 2820. The van der Waals surface area contributed by atoms with Gasteiger partial charge in [0.2, 0.25) is 0 Å². The second-order valence-electron chi connectivity index (χ2n) is 14.8. The van der Waals surface area contributed by atoms with Crippen LogP contribution in [0, 0.1) is 0 Å². The van der Waals surface area contributed by atoms with E-state index in [4.69, 9.17) is 4.74 Å². The summed E-state index contributed by atoms with van der Waals surface area (Å²) in [6.07, 6.45) is 0. The molecule has 268 valence electrons. The lowest BCUT2D eigenvalue weighted by molar-refractivity contribution is 0.434. The zero-order valence-electron chi connectivity index (χ0n) is 31.2. The minimum Gasteiger partial charge on any atom is -0.457 e. The van der Waals surface area contributed by atoms with E-state index in [0.717, 1.165) is 61.9 Å². The van der Waals surface area contributed by atoms with Gasteiger partial charge in [-0.25, -0.2) is 0 Å². The fraction of sp³-hybridized carbons (Fsp3) is 0.0182. The lowest BCUT2D eigenvalue weighted by Gasteiger charge is -2.49. The standard InChI is InChI=1S/C55H37NO/c1-5-19-38(20-6-1)42-33-43(39-21-7-2-8-22-39)35-45(34-42)56-50-30-16-13-27-47(50)55(48-28-14-17-31-52(48)57-53-32-18-15-29-49(53)55)54-46(41-25-11-4-12-26-41)36-44(37-51(54)56)40-23-9-3-10-24-40/h1-37H. The highest BCUT2D eigenvalue weighted by atomic mass is 16.5. The van der Waals surface area contributed by atoms with Gasteiger partial charge in [-0.05, 0) is 98.6 Å². The first-order valence-electron chi connectivity index (χ1n) is 19.6. The number of benzene rings is 9. The van der Waals surface area contributed by atoms with Crippen molar-refractivity contribution in [2.45, 2.75) is 5.41 Å². The summed E-state index contributed by atoms with van der Waals surface area (Å²) in [4.78, 5) is 2.52. The summed E-state index contributed by atoms with van der Waals surface area (Å²) in [5.41, 5.74) is 16.7. The van der Waals surface area contributed by atoms with Crippen molar-refractivity contribution in [3.63, 3.8) is 0 Å². The number of nitrogens with zero attached hydrogens (tertiary/aromatic N) is 1. The number of hydrogen-bond acceptors (Lipinski definition) is 2. The molecule has 0 fully saturated rings. The monoisotopic (exact) mass is 727 g/mol. The van der Waals surface area contributed by atoms with Crippen LogP contribution in [0.25, 0.3) is 44.5 Å². The predicted molar refractivity (Wildman–Crippen MR) is 235 cm³/mol. The molecule has 2 aliphatic heterocycles. The molecular weight excluding hydrogens is 691 g/mol. The second kappa shape index (κ2) is 13.4. The molecule has 57 heavy (non-hydrogen) atoms. The topological polar surface area (TPSA) is 12.5 Å². The third kappa shape index (κ3) is 5.26. The van der Waals surface area contributed by atoms with Crippen molar-refractivity contribution in [1.29, 1.82) is 0 Å². The molecule has 0 atom stereocenters. The van der Waals surface area contributed by atoms with E-state index in [-0.39, 0.29) is 0 Å². The van der Waals surface area contributed by atoms with Crippen molar-refractivity contribution < 1.29 is 4.74 Å². The highest BCUT2D eigenvalue weighted by Gasteiger charge is 2.52. The summed E-state index contributed by atoms with van der Waals surface area (Å²) in [7, 11) is 0. The van der Waals surface area contributed by atoms with Gasteiger partial charge in [-0.2, -0.15) is 0 Å². The van der Waals surface area contributed by atoms with E-state index in [9.17, 15) is 0 Å². The Morgan fingerprint density at radius 3 is 1.26 bits per heavy atom. The zero-order valence-corrected chi connectivity index (χ0v) is 31.2. The molecular formula is C55H37NO. The fourth-order valence-corrected chi connectivity index (χ4v) is 9.26. The molecule has 0 N–H and O–H groups in total. The van der Waals surface area contributed by atoms with Crippen LogP contribution in [0.3, 0.4) is 0 Å². The van der Waals surface area contributed by atoms with Crippen molar-refractivity contribution >= 4 is 17.1 Å². The first-order valence-corrected chi connectivity index (χ1v) is 19.6. The first kappa shape index (κ1) is 33.0. The van der Waals surface area contributed by atoms with Gasteiger partial charge in [-0.15, -0.1) is 0 Å². The fourth-order valence-electron chi connectivity index (χ4n) is 9.26. The van der Waals surface area contributed by atoms with Crippen LogP contribution in [-0.2, 0) is 5.41 Å². The van der Waals surface area contributed by atoms with Gasteiger partial charge < -0.3 is 9.64 Å². The van der Waals surface area contributed by atoms with Crippen LogP contribution in [0.5, 0.6) is 11.5 Å². The van der Waals surface area contributed by atoms with Crippen LogP contribution in [0.4, 0.5) is 17.1 Å². The van der Waals surface area contributed by atoms with Gasteiger partial charge in [0.25, 0.3) is 0 Å². The Balaban J connectivity index is 1.32. The molecule has 0 unspecified atom stereocenters. The smallest absolute Gasteiger partial charge is 0.132 e. The predicted octanol–water partition coefficient (Wildman–Crippen LogP) is 14.6. The van der Waals surface area contributed by atoms with E-state index in [1.165, 1.54) is 33.4 Å². The van der Waals surface area contributed by atoms with Gasteiger partial charge in [0.1, 0.15) is 11.5 Å². The summed E-state index contributed by atoms with van der Waals surface area (Å²) >= 11 is 0. The molecule has 9 aromatic rings. The maximum atomic E-state index is 6.80. The van der Waals surface area contributed by atoms with Gasteiger partial charge in [-0.1, -0.05) is 176 Å². The molecule has 0 bridgehead atoms. The lowest BCUT2D eigenvalue weighted by atomic mass is 9.59.